The van der Waals surface area contributed by atoms with Crippen LogP contribution in [0.2, 0.25) is 0 Å². The lowest BCUT2D eigenvalue weighted by molar-refractivity contribution is -0.141. The van der Waals surface area contributed by atoms with Gasteiger partial charge in [-0.05, 0) is 36.2 Å². The molecule has 0 aliphatic rings. The number of nitrogens with zero attached hydrogens (tertiary/aromatic N) is 1. The third kappa shape index (κ3) is 4.51. The molecule has 2 rings (SSSR count). The Kier molecular flexibility index (Phi) is 5.31. The number of anilines is 1. The van der Waals surface area contributed by atoms with Gasteiger partial charge in [-0.1, -0.05) is 12.1 Å². The number of hydrogen-bond acceptors (Lipinski definition) is 4. The van der Waals surface area contributed by atoms with Crippen LogP contribution >= 0.6 is 0 Å². The Morgan fingerprint density at radius 3 is 2.43 bits per heavy atom. The predicted octanol–water partition coefficient (Wildman–Crippen LogP) is 3.77. The van der Waals surface area contributed by atoms with Gasteiger partial charge in [-0.3, -0.25) is 0 Å². The molecule has 1 N–H and O–H groups in total. The third-order valence-corrected chi connectivity index (χ3v) is 3.21. The highest BCUT2D eigenvalue weighted by Crippen LogP contribution is 2.29. The summed E-state index contributed by atoms with van der Waals surface area (Å²) in [5.41, 5.74) is 0.0655. The molecule has 0 radical (unpaired) electrons. The Balaban J connectivity index is 1.97. The Bertz CT molecular complexity index is 660. The minimum atomic E-state index is -4.44. The molecule has 0 fully saturated rings. The van der Waals surface area contributed by atoms with Crippen LogP contribution in [0.3, 0.4) is 0 Å². The van der Waals surface area contributed by atoms with E-state index < -0.39 is 11.9 Å². The summed E-state index contributed by atoms with van der Waals surface area (Å²) in [4.78, 5) is 3.56. The van der Waals surface area contributed by atoms with Gasteiger partial charge in [0.1, 0.15) is 11.5 Å². The van der Waals surface area contributed by atoms with Gasteiger partial charge in [0.05, 0.1) is 14.2 Å². The smallest absolute Gasteiger partial charge is 0.433 e. The molecule has 23 heavy (non-hydrogen) atoms. The lowest BCUT2D eigenvalue weighted by atomic mass is 10.1. The second-order valence-electron chi connectivity index (χ2n) is 4.77. The zero-order valence-electron chi connectivity index (χ0n) is 12.8. The lowest BCUT2D eigenvalue weighted by Gasteiger charge is -2.11. The molecule has 0 atom stereocenters. The molecule has 7 heteroatoms. The average molecular weight is 326 g/mol. The van der Waals surface area contributed by atoms with Gasteiger partial charge in [-0.15, -0.1) is 0 Å². The van der Waals surface area contributed by atoms with E-state index in [2.05, 4.69) is 10.3 Å². The summed E-state index contributed by atoms with van der Waals surface area (Å²) in [7, 11) is 3.10. The third-order valence-electron chi connectivity index (χ3n) is 3.21. The number of benzene rings is 1. The number of halogens is 3. The Hall–Kier alpha value is -2.44. The molecular weight excluding hydrogens is 309 g/mol. The maximum atomic E-state index is 12.6. The summed E-state index contributed by atoms with van der Waals surface area (Å²) < 4.78 is 48.1. The van der Waals surface area contributed by atoms with Crippen LogP contribution in [-0.4, -0.2) is 25.7 Å². The van der Waals surface area contributed by atoms with Gasteiger partial charge < -0.3 is 14.8 Å². The van der Waals surface area contributed by atoms with Crippen molar-refractivity contribution in [2.24, 2.45) is 0 Å². The van der Waals surface area contributed by atoms with Crippen LogP contribution in [0.15, 0.2) is 36.4 Å². The Labute approximate surface area is 132 Å². The van der Waals surface area contributed by atoms with E-state index in [0.717, 1.165) is 11.6 Å². The molecule has 0 unspecified atom stereocenters. The van der Waals surface area contributed by atoms with Crippen LogP contribution in [-0.2, 0) is 12.6 Å². The minimum absolute atomic E-state index is 0.195. The van der Waals surface area contributed by atoms with Crippen molar-refractivity contribution in [1.29, 1.82) is 0 Å². The summed E-state index contributed by atoms with van der Waals surface area (Å²) in [5.74, 6) is 1.44. The summed E-state index contributed by atoms with van der Waals surface area (Å²) in [6, 6.07) is 9.28. The molecule has 1 aromatic carbocycles. The molecule has 0 saturated heterocycles. The number of alkyl halides is 3. The summed E-state index contributed by atoms with van der Waals surface area (Å²) in [5, 5.41) is 2.89. The van der Waals surface area contributed by atoms with Crippen molar-refractivity contribution < 1.29 is 22.6 Å². The second-order valence-corrected chi connectivity index (χ2v) is 4.77. The fourth-order valence-corrected chi connectivity index (χ4v) is 2.06. The van der Waals surface area contributed by atoms with Crippen molar-refractivity contribution in [3.05, 3.63) is 47.7 Å². The van der Waals surface area contributed by atoms with Crippen LogP contribution in [0.1, 0.15) is 11.3 Å². The van der Waals surface area contributed by atoms with Crippen LogP contribution < -0.4 is 14.8 Å². The van der Waals surface area contributed by atoms with Crippen LogP contribution in [0.5, 0.6) is 11.5 Å². The molecule has 1 aromatic heterocycles. The summed E-state index contributed by atoms with van der Waals surface area (Å²) in [6.45, 7) is 0.448. The molecule has 0 aliphatic carbocycles. The van der Waals surface area contributed by atoms with E-state index in [1.165, 1.54) is 12.1 Å². The largest absolute Gasteiger partial charge is 0.493 e. The van der Waals surface area contributed by atoms with Crippen molar-refractivity contribution in [3.63, 3.8) is 0 Å². The molecule has 2 aromatic rings. The highest BCUT2D eigenvalue weighted by atomic mass is 19.4. The Morgan fingerprint density at radius 2 is 1.78 bits per heavy atom. The van der Waals surface area contributed by atoms with Gasteiger partial charge in [-0.25, -0.2) is 4.98 Å². The van der Waals surface area contributed by atoms with E-state index in [1.54, 1.807) is 20.3 Å². The number of rotatable bonds is 6. The number of hydrogen-bond donors (Lipinski definition) is 1. The first-order valence-corrected chi connectivity index (χ1v) is 6.93. The quantitative estimate of drug-likeness (QED) is 0.877. The first-order chi connectivity index (χ1) is 10.9. The minimum Gasteiger partial charge on any atom is -0.493 e. The van der Waals surface area contributed by atoms with Crippen LogP contribution in [0.4, 0.5) is 19.0 Å². The molecule has 124 valence electrons. The molecule has 4 nitrogen and oxygen atoms in total. The monoisotopic (exact) mass is 326 g/mol. The number of aromatic nitrogens is 1. The van der Waals surface area contributed by atoms with Crippen molar-refractivity contribution in [2.75, 3.05) is 26.1 Å². The predicted molar refractivity (Wildman–Crippen MR) is 81.0 cm³/mol. The maximum Gasteiger partial charge on any atom is 0.433 e. The van der Waals surface area contributed by atoms with Crippen molar-refractivity contribution in [1.82, 2.24) is 4.98 Å². The van der Waals surface area contributed by atoms with Crippen LogP contribution in [0, 0.1) is 0 Å². The zero-order valence-corrected chi connectivity index (χ0v) is 12.8. The van der Waals surface area contributed by atoms with Gasteiger partial charge in [0.2, 0.25) is 0 Å². The van der Waals surface area contributed by atoms with Gasteiger partial charge >= 0.3 is 6.18 Å². The molecule has 1 heterocycles. The van der Waals surface area contributed by atoms with Gasteiger partial charge in [0, 0.05) is 6.54 Å². The van der Waals surface area contributed by atoms with E-state index in [-0.39, 0.29) is 5.82 Å². The number of pyridine rings is 1. The van der Waals surface area contributed by atoms with E-state index in [9.17, 15) is 13.2 Å². The van der Waals surface area contributed by atoms with Gasteiger partial charge in [0.25, 0.3) is 0 Å². The first kappa shape index (κ1) is 16.9. The fourth-order valence-electron chi connectivity index (χ4n) is 2.06. The zero-order chi connectivity index (χ0) is 16.9. The highest BCUT2D eigenvalue weighted by Gasteiger charge is 2.32. The van der Waals surface area contributed by atoms with E-state index in [1.807, 2.05) is 12.1 Å². The molecule has 0 bridgehead atoms. The van der Waals surface area contributed by atoms with E-state index in [4.69, 9.17) is 9.47 Å². The average Bonchev–Trinajstić information content (AvgIpc) is 2.54. The number of nitrogens with one attached hydrogen (secondary N) is 1. The lowest BCUT2D eigenvalue weighted by Crippen LogP contribution is -2.11. The molecular formula is C16H17F3N2O2. The van der Waals surface area contributed by atoms with Crippen LogP contribution in [0.25, 0.3) is 0 Å². The summed E-state index contributed by atoms with van der Waals surface area (Å²) in [6.07, 6.45) is -3.83. The van der Waals surface area contributed by atoms with E-state index in [0.29, 0.717) is 24.5 Å². The number of ether oxygens (including phenoxy) is 2. The Morgan fingerprint density at radius 1 is 1.04 bits per heavy atom. The highest BCUT2D eigenvalue weighted by molar-refractivity contribution is 5.43. The van der Waals surface area contributed by atoms with Crippen molar-refractivity contribution >= 4 is 5.82 Å². The van der Waals surface area contributed by atoms with Gasteiger partial charge in [0.15, 0.2) is 11.5 Å². The maximum absolute atomic E-state index is 12.6. The second kappa shape index (κ2) is 7.21. The number of methoxy groups -OCH3 is 2. The van der Waals surface area contributed by atoms with E-state index >= 15 is 0 Å². The topological polar surface area (TPSA) is 43.4 Å². The molecule has 0 saturated carbocycles. The standard InChI is InChI=1S/C16H17F3N2O2/c1-22-12-7-6-11(10-13(12)23-2)8-9-20-15-5-3-4-14(21-15)16(17,18)19/h3-7,10H,8-9H2,1-2H3,(H,20,21). The molecule has 0 spiro atoms. The van der Waals surface area contributed by atoms with Gasteiger partial charge in [-0.2, -0.15) is 13.2 Å². The fraction of sp³-hybridized carbons (Fsp3) is 0.312. The van der Waals surface area contributed by atoms with Crippen molar-refractivity contribution in [2.45, 2.75) is 12.6 Å². The normalized spacial score (nSPS) is 11.2. The SMILES string of the molecule is COc1ccc(CCNc2cccc(C(F)(F)F)n2)cc1OC. The molecule has 0 amide bonds. The molecule has 0 aliphatic heterocycles. The summed E-state index contributed by atoms with van der Waals surface area (Å²) >= 11 is 0. The van der Waals surface area contributed by atoms with Crippen molar-refractivity contribution in [3.8, 4) is 11.5 Å². The first-order valence-electron chi connectivity index (χ1n) is 6.93.